The molecule has 0 fully saturated rings. The third-order valence-corrected chi connectivity index (χ3v) is 4.94. The quantitative estimate of drug-likeness (QED) is 0.259. The zero-order valence-corrected chi connectivity index (χ0v) is 26.2. The summed E-state index contributed by atoms with van der Waals surface area (Å²) in [7, 11) is 0. The predicted molar refractivity (Wildman–Crippen MR) is 140 cm³/mol. The molecule has 176 valence electrons. The monoisotopic (exact) mass is 789 g/mol. The van der Waals surface area contributed by atoms with Crippen molar-refractivity contribution in [3.8, 4) is 23.7 Å². The van der Waals surface area contributed by atoms with Gasteiger partial charge in [0.1, 0.15) is 0 Å². The van der Waals surface area contributed by atoms with Crippen molar-refractivity contribution in [3.05, 3.63) is 103 Å². The van der Waals surface area contributed by atoms with Crippen LogP contribution in [-0.2, 0) is 38.7 Å². The summed E-state index contributed by atoms with van der Waals surface area (Å²) >= 11 is 2.63. The number of anilines is 1. The molecule has 0 atom stereocenters. The Morgan fingerprint density at radius 2 is 1.26 bits per heavy atom. The summed E-state index contributed by atoms with van der Waals surface area (Å²) < 4.78 is 2.07. The molecule has 0 amide bonds. The van der Waals surface area contributed by atoms with Crippen molar-refractivity contribution in [1.29, 1.82) is 0 Å². The molecule has 0 aliphatic carbocycles. The van der Waals surface area contributed by atoms with Crippen LogP contribution in [0, 0.1) is 43.8 Å². The van der Waals surface area contributed by atoms with E-state index in [2.05, 4.69) is 33.6 Å². The molecule has 0 aliphatic heterocycles. The van der Waals surface area contributed by atoms with Crippen LogP contribution < -0.4 is 5.73 Å². The molecule has 2 heterocycles. The molecule has 3 nitrogen and oxygen atoms in total. The summed E-state index contributed by atoms with van der Waals surface area (Å²) in [4.78, 5) is 7.91. The third kappa shape index (κ3) is 16.9. The van der Waals surface area contributed by atoms with Crippen molar-refractivity contribution in [2.75, 3.05) is 5.73 Å². The normalized spacial score (nSPS) is 8.62. The summed E-state index contributed by atoms with van der Waals surface area (Å²) in [6.07, 6.45) is 17.1. The van der Waals surface area contributed by atoms with Crippen molar-refractivity contribution in [1.82, 2.24) is 9.97 Å². The van der Waals surface area contributed by atoms with E-state index in [1.807, 2.05) is 59.0 Å². The minimum atomic E-state index is 0.599. The molecular formula is C29H31N3W2-2. The number of nitrogen functional groups attached to an aromatic ring is 1. The van der Waals surface area contributed by atoms with E-state index in [-0.39, 0.29) is 0 Å². The van der Waals surface area contributed by atoms with Gasteiger partial charge in [-0.3, -0.25) is 0 Å². The van der Waals surface area contributed by atoms with Crippen LogP contribution in [0.5, 0.6) is 0 Å². The van der Waals surface area contributed by atoms with E-state index in [0.717, 1.165) is 24.5 Å². The van der Waals surface area contributed by atoms with Crippen LogP contribution in [0.2, 0.25) is 0 Å². The molecule has 34 heavy (non-hydrogen) atoms. The average molecular weight is 789 g/mol. The molecule has 0 aliphatic rings. The maximum atomic E-state index is 5.70. The van der Waals surface area contributed by atoms with E-state index in [0.29, 0.717) is 5.69 Å². The number of nitrogens with two attached hydrogens (primary N) is 1. The van der Waals surface area contributed by atoms with Crippen molar-refractivity contribution >= 4 is 13.5 Å². The third-order valence-electron chi connectivity index (χ3n) is 3.23. The van der Waals surface area contributed by atoms with Gasteiger partial charge in [-0.1, -0.05) is 27.7 Å². The second-order valence-corrected chi connectivity index (χ2v) is 8.65. The fourth-order valence-electron chi connectivity index (χ4n) is 1.76. The molecule has 2 aromatic heterocycles. The molecular weight excluding hydrogens is 758 g/mol. The second-order valence-electron chi connectivity index (χ2n) is 5.49. The number of rotatable bonds is 4. The number of allylic oxidation sites excluding steroid dienone is 6. The van der Waals surface area contributed by atoms with E-state index in [1.165, 1.54) is 50.9 Å². The molecule has 0 saturated carbocycles. The molecule has 0 saturated heterocycles. The molecule has 0 aromatic carbocycles. The maximum absolute atomic E-state index is 5.70. The first kappa shape index (κ1) is 33.5. The summed E-state index contributed by atoms with van der Waals surface area (Å²) in [5, 5.41) is 0. The van der Waals surface area contributed by atoms with Crippen LogP contribution >= 0.6 is 0 Å². The SMILES string of the molecule is CC.CC.[CH-]=CC=C[C](=[W])C#Cc1ccncc1C.[CH-]=CC=C[C](=[W])C#Cc1ccncc1N. The standard InChI is InChI=1S/C13H10N.C12H9N2.2C2H6.2W/c1-3-4-5-6-7-8-13-9-10-14-11-12(13)2;1-2-3-4-5-6-7-11-8-9-14-10-12(11)13;2*1-2;;/h1,3-5,9-11H,2H3;1-4,8-10H,13H2;2*1-2H3;;/q2*-1;;;;. The van der Waals surface area contributed by atoms with E-state index >= 15 is 0 Å². The number of aryl methyl sites for hydroxylation is 1. The van der Waals surface area contributed by atoms with Crippen LogP contribution in [0.1, 0.15) is 44.4 Å². The van der Waals surface area contributed by atoms with E-state index in [9.17, 15) is 0 Å². The fourth-order valence-corrected chi connectivity index (χ4v) is 2.69. The number of hydrogen-bond donors (Lipinski definition) is 1. The molecule has 0 spiro atoms. The van der Waals surface area contributed by atoms with Gasteiger partial charge in [0, 0.05) is 0 Å². The Balaban J connectivity index is 0. The number of nitrogens with zero attached hydrogens (tertiary/aromatic N) is 2. The Morgan fingerprint density at radius 3 is 1.71 bits per heavy atom. The summed E-state index contributed by atoms with van der Waals surface area (Å²) in [5.74, 6) is 12.2. The Morgan fingerprint density at radius 1 is 0.824 bits per heavy atom. The van der Waals surface area contributed by atoms with E-state index in [4.69, 9.17) is 18.9 Å². The fraction of sp³-hybridized carbons (Fsp3) is 0.172. The van der Waals surface area contributed by atoms with Crippen molar-refractivity contribution < 1.29 is 38.7 Å². The molecule has 5 heteroatoms. The van der Waals surface area contributed by atoms with Gasteiger partial charge in [0.25, 0.3) is 0 Å². The molecule has 0 radical (unpaired) electrons. The van der Waals surface area contributed by atoms with E-state index < -0.39 is 0 Å². The molecule has 2 aromatic rings. The van der Waals surface area contributed by atoms with Gasteiger partial charge < -0.3 is 0 Å². The summed E-state index contributed by atoms with van der Waals surface area (Å²) in [6.45, 7) is 20.5. The van der Waals surface area contributed by atoms with Gasteiger partial charge in [-0.25, -0.2) is 0 Å². The Labute approximate surface area is 228 Å². The van der Waals surface area contributed by atoms with Crippen LogP contribution in [0.4, 0.5) is 5.69 Å². The molecule has 2 N–H and O–H groups in total. The predicted octanol–water partition coefficient (Wildman–Crippen LogP) is 5.34. The number of hydrogen-bond acceptors (Lipinski definition) is 3. The first-order chi connectivity index (χ1) is 16.5. The van der Waals surface area contributed by atoms with Gasteiger partial charge >= 0.3 is 202 Å². The van der Waals surface area contributed by atoms with Gasteiger partial charge in [-0.05, 0) is 0 Å². The molecule has 2 rings (SSSR count). The van der Waals surface area contributed by atoms with Gasteiger partial charge in [0.05, 0.1) is 0 Å². The van der Waals surface area contributed by atoms with Crippen molar-refractivity contribution in [2.24, 2.45) is 0 Å². The van der Waals surface area contributed by atoms with Crippen LogP contribution in [0.15, 0.2) is 73.4 Å². The average Bonchev–Trinajstić information content (AvgIpc) is 2.88. The summed E-state index contributed by atoms with van der Waals surface area (Å²) in [6, 6.07) is 3.72. The summed E-state index contributed by atoms with van der Waals surface area (Å²) in [5.41, 5.74) is 9.22. The first-order valence-electron chi connectivity index (χ1n) is 10.6. The van der Waals surface area contributed by atoms with Crippen molar-refractivity contribution in [2.45, 2.75) is 34.6 Å². The van der Waals surface area contributed by atoms with Crippen molar-refractivity contribution in [3.63, 3.8) is 0 Å². The first-order valence-corrected chi connectivity index (χ1v) is 13.6. The second kappa shape index (κ2) is 23.5. The number of pyridine rings is 2. The van der Waals surface area contributed by atoms with Gasteiger partial charge in [0.2, 0.25) is 0 Å². The Bertz CT molecular complexity index is 1020. The zero-order chi connectivity index (χ0) is 26.2. The molecule has 0 bridgehead atoms. The topological polar surface area (TPSA) is 51.8 Å². The molecule has 0 unspecified atom stereocenters. The zero-order valence-electron chi connectivity index (χ0n) is 20.4. The van der Waals surface area contributed by atoms with Crippen LogP contribution in [-0.4, -0.2) is 17.8 Å². The van der Waals surface area contributed by atoms with Crippen LogP contribution in [0.3, 0.4) is 0 Å². The minimum absolute atomic E-state index is 0.599. The van der Waals surface area contributed by atoms with Gasteiger partial charge in [-0.15, -0.1) is 0 Å². The Hall–Kier alpha value is -2.70. The van der Waals surface area contributed by atoms with Gasteiger partial charge in [0.15, 0.2) is 0 Å². The van der Waals surface area contributed by atoms with E-state index in [1.54, 1.807) is 36.8 Å². The number of aromatic nitrogens is 2. The van der Waals surface area contributed by atoms with Gasteiger partial charge in [-0.2, -0.15) is 0 Å². The van der Waals surface area contributed by atoms with Crippen LogP contribution in [0.25, 0.3) is 0 Å². The Kier molecular flexibility index (Phi) is 23.1.